The number of nitrogens with one attached hydrogen (secondary N) is 1. The van der Waals surface area contributed by atoms with Gasteiger partial charge in [-0.25, -0.2) is 4.79 Å². The van der Waals surface area contributed by atoms with Gasteiger partial charge >= 0.3 is 6.03 Å². The third-order valence-electron chi connectivity index (χ3n) is 4.69. The van der Waals surface area contributed by atoms with E-state index >= 15 is 0 Å². The molecule has 0 radical (unpaired) electrons. The number of nitrogens with zero attached hydrogens (tertiary/aromatic N) is 1. The highest BCUT2D eigenvalue weighted by Gasteiger charge is 2.31. The first-order valence-corrected chi connectivity index (χ1v) is 9.39. The quantitative estimate of drug-likeness (QED) is 0.861. The zero-order chi connectivity index (χ0) is 17.8. The largest absolute Gasteiger partial charge is 0.497 e. The minimum atomic E-state index is -0.155. The lowest BCUT2D eigenvalue weighted by Crippen LogP contribution is -2.40. The fraction of sp³-hybridized carbons (Fsp3) is 0.421. The Morgan fingerprint density at radius 1 is 1.32 bits per heavy atom. The summed E-state index contributed by atoms with van der Waals surface area (Å²) < 4.78 is 10.7. The smallest absolute Gasteiger partial charge is 0.318 e. The molecule has 25 heavy (non-hydrogen) atoms. The van der Waals surface area contributed by atoms with Gasteiger partial charge in [-0.2, -0.15) is 11.3 Å². The van der Waals surface area contributed by atoms with Crippen molar-refractivity contribution in [1.82, 2.24) is 10.2 Å². The average molecular weight is 360 g/mol. The van der Waals surface area contributed by atoms with Crippen LogP contribution in [0.2, 0.25) is 0 Å². The molecule has 1 N–H and O–H groups in total. The number of rotatable bonds is 5. The van der Waals surface area contributed by atoms with E-state index in [2.05, 4.69) is 22.1 Å². The number of likely N-dealkylation sites (tertiary alicyclic amines) is 1. The molecule has 1 aromatic heterocycles. The summed E-state index contributed by atoms with van der Waals surface area (Å²) in [6.07, 6.45) is 2.05. The van der Waals surface area contributed by atoms with Crippen LogP contribution in [0.5, 0.6) is 11.5 Å². The normalized spacial score (nSPS) is 18.0. The van der Waals surface area contributed by atoms with Gasteiger partial charge in [0.2, 0.25) is 0 Å². The fourth-order valence-corrected chi connectivity index (χ4v) is 4.05. The van der Waals surface area contributed by atoms with Crippen molar-refractivity contribution in [3.05, 3.63) is 46.2 Å². The first-order chi connectivity index (χ1) is 12.1. The molecule has 134 valence electrons. The van der Waals surface area contributed by atoms with Crippen molar-refractivity contribution in [3.63, 3.8) is 0 Å². The maximum absolute atomic E-state index is 12.8. The van der Waals surface area contributed by atoms with E-state index in [0.29, 0.717) is 5.75 Å². The van der Waals surface area contributed by atoms with Gasteiger partial charge in [-0.05, 0) is 54.3 Å². The van der Waals surface area contributed by atoms with Crippen molar-refractivity contribution in [2.75, 3.05) is 20.8 Å². The van der Waals surface area contributed by atoms with Gasteiger partial charge in [0, 0.05) is 18.2 Å². The molecular formula is C19H24N2O3S. The van der Waals surface area contributed by atoms with Crippen LogP contribution in [0.3, 0.4) is 0 Å². The molecule has 1 saturated heterocycles. The first kappa shape index (κ1) is 17.6. The molecule has 3 rings (SSSR count). The van der Waals surface area contributed by atoms with Crippen LogP contribution >= 0.6 is 11.3 Å². The van der Waals surface area contributed by atoms with E-state index in [4.69, 9.17) is 9.47 Å². The number of carbonyl (C=O) groups excluding carboxylic acids is 1. The van der Waals surface area contributed by atoms with Crippen LogP contribution in [0.4, 0.5) is 4.79 Å². The monoisotopic (exact) mass is 360 g/mol. The number of hydrogen-bond donors (Lipinski definition) is 1. The highest BCUT2D eigenvalue weighted by molar-refractivity contribution is 7.07. The molecule has 0 spiro atoms. The molecular weight excluding hydrogens is 336 g/mol. The maximum Gasteiger partial charge on any atom is 0.318 e. The summed E-state index contributed by atoms with van der Waals surface area (Å²) >= 11 is 1.67. The van der Waals surface area contributed by atoms with E-state index in [0.717, 1.165) is 30.7 Å². The summed E-state index contributed by atoms with van der Waals surface area (Å²) in [6.45, 7) is 2.76. The second-order valence-electron chi connectivity index (χ2n) is 6.19. The number of thiophene rings is 1. The molecule has 2 heterocycles. The second-order valence-corrected chi connectivity index (χ2v) is 6.97. The Morgan fingerprint density at radius 3 is 2.84 bits per heavy atom. The maximum atomic E-state index is 12.8. The summed E-state index contributed by atoms with van der Waals surface area (Å²) in [7, 11) is 3.25. The molecule has 1 aliphatic rings. The molecule has 2 atom stereocenters. The van der Waals surface area contributed by atoms with Crippen LogP contribution in [-0.2, 0) is 0 Å². The van der Waals surface area contributed by atoms with E-state index in [1.165, 1.54) is 5.56 Å². The highest BCUT2D eigenvalue weighted by atomic mass is 32.1. The lowest BCUT2D eigenvalue weighted by molar-refractivity contribution is 0.189. The van der Waals surface area contributed by atoms with Crippen LogP contribution in [0.1, 0.15) is 43.0 Å². The summed E-state index contributed by atoms with van der Waals surface area (Å²) in [5.41, 5.74) is 2.16. The van der Waals surface area contributed by atoms with E-state index in [9.17, 15) is 4.79 Å². The second kappa shape index (κ2) is 7.78. The summed E-state index contributed by atoms with van der Waals surface area (Å²) in [5, 5.41) is 7.31. The highest BCUT2D eigenvalue weighted by Crippen LogP contribution is 2.34. The molecule has 2 unspecified atom stereocenters. The Balaban J connectivity index is 1.72. The molecule has 6 heteroatoms. The molecule has 0 bridgehead atoms. The zero-order valence-electron chi connectivity index (χ0n) is 14.8. The van der Waals surface area contributed by atoms with Crippen molar-refractivity contribution in [2.45, 2.75) is 31.8 Å². The number of ether oxygens (including phenoxy) is 2. The number of benzene rings is 1. The van der Waals surface area contributed by atoms with Gasteiger partial charge in [-0.1, -0.05) is 0 Å². The topological polar surface area (TPSA) is 50.8 Å². The molecule has 0 aliphatic carbocycles. The minimum Gasteiger partial charge on any atom is -0.497 e. The Bertz CT molecular complexity index is 717. The Kier molecular flexibility index (Phi) is 5.48. The first-order valence-electron chi connectivity index (χ1n) is 8.45. The molecule has 1 aromatic carbocycles. The third kappa shape index (κ3) is 3.74. The average Bonchev–Trinajstić information content (AvgIpc) is 3.31. The molecule has 0 saturated carbocycles. The molecule has 1 aliphatic heterocycles. The summed E-state index contributed by atoms with van der Waals surface area (Å²) in [6, 6.07) is 7.75. The van der Waals surface area contributed by atoms with E-state index in [1.54, 1.807) is 25.6 Å². The number of urea groups is 1. The lowest BCUT2D eigenvalue weighted by Gasteiger charge is -2.27. The Labute approximate surface area is 152 Å². The van der Waals surface area contributed by atoms with E-state index in [1.807, 2.05) is 30.0 Å². The lowest BCUT2D eigenvalue weighted by atomic mass is 10.1. The van der Waals surface area contributed by atoms with Crippen LogP contribution in [0, 0.1) is 0 Å². The number of methoxy groups -OCH3 is 2. The van der Waals surface area contributed by atoms with Gasteiger partial charge in [-0.3, -0.25) is 0 Å². The minimum absolute atomic E-state index is 0.0286. The van der Waals surface area contributed by atoms with E-state index < -0.39 is 0 Å². The van der Waals surface area contributed by atoms with Crippen LogP contribution in [-0.4, -0.2) is 31.7 Å². The van der Waals surface area contributed by atoms with Crippen LogP contribution in [0.15, 0.2) is 35.0 Å². The van der Waals surface area contributed by atoms with Gasteiger partial charge in [0.25, 0.3) is 0 Å². The predicted octanol–water partition coefficient (Wildman–Crippen LogP) is 4.37. The van der Waals surface area contributed by atoms with Crippen molar-refractivity contribution < 1.29 is 14.3 Å². The fourth-order valence-electron chi connectivity index (χ4n) is 3.34. The molecule has 1 fully saturated rings. The number of carbonyl (C=O) groups is 1. The van der Waals surface area contributed by atoms with Gasteiger partial charge in [0.15, 0.2) is 0 Å². The summed E-state index contributed by atoms with van der Waals surface area (Å²) in [4.78, 5) is 14.7. The number of hydrogen-bond acceptors (Lipinski definition) is 4. The van der Waals surface area contributed by atoms with Gasteiger partial charge in [0.1, 0.15) is 11.5 Å². The SMILES string of the molecule is COc1ccc(C(C)NC(=O)N2CCCC2c2ccsc2)c(OC)c1. The molecule has 2 aromatic rings. The number of amides is 2. The predicted molar refractivity (Wildman–Crippen MR) is 99.5 cm³/mol. The van der Waals surface area contributed by atoms with Crippen molar-refractivity contribution in [1.29, 1.82) is 0 Å². The van der Waals surface area contributed by atoms with Crippen molar-refractivity contribution in [2.24, 2.45) is 0 Å². The van der Waals surface area contributed by atoms with Crippen LogP contribution in [0.25, 0.3) is 0 Å². The Hall–Kier alpha value is -2.21. The Morgan fingerprint density at radius 2 is 2.16 bits per heavy atom. The van der Waals surface area contributed by atoms with E-state index in [-0.39, 0.29) is 18.1 Å². The van der Waals surface area contributed by atoms with Gasteiger partial charge in [-0.15, -0.1) is 0 Å². The zero-order valence-corrected chi connectivity index (χ0v) is 15.6. The van der Waals surface area contributed by atoms with Gasteiger partial charge < -0.3 is 19.7 Å². The van der Waals surface area contributed by atoms with Crippen molar-refractivity contribution >= 4 is 17.4 Å². The molecule has 2 amide bonds. The van der Waals surface area contributed by atoms with Gasteiger partial charge in [0.05, 0.1) is 26.3 Å². The third-order valence-corrected chi connectivity index (χ3v) is 5.39. The summed E-state index contributed by atoms with van der Waals surface area (Å²) in [5.74, 6) is 1.44. The van der Waals surface area contributed by atoms with Crippen molar-refractivity contribution in [3.8, 4) is 11.5 Å². The van der Waals surface area contributed by atoms with Crippen LogP contribution < -0.4 is 14.8 Å². The standard InChI is InChI=1S/C19H24N2O3S/c1-13(16-7-6-15(23-2)11-18(16)24-3)20-19(22)21-9-4-5-17(21)14-8-10-25-12-14/h6-8,10-13,17H,4-5,9H2,1-3H3,(H,20,22). The molecule has 5 nitrogen and oxygen atoms in total.